The average molecular weight is 493 g/mol. The topological polar surface area (TPSA) is 63.6 Å². The molecule has 0 radical (unpaired) electrons. The number of nitrogens with zero attached hydrogens (tertiary/aromatic N) is 2. The lowest BCUT2D eigenvalue weighted by molar-refractivity contribution is -0.0102. The Labute approximate surface area is 213 Å². The minimum absolute atomic E-state index is 0.502. The van der Waals surface area contributed by atoms with Crippen molar-refractivity contribution < 1.29 is 24.1 Å². The predicted octanol–water partition coefficient (Wildman–Crippen LogP) is 3.93. The number of β-amino-alcohol motifs (C(OH)–C–C–N with tert-alkyl or cyclic N) is 1. The summed E-state index contributed by atoms with van der Waals surface area (Å²) in [6, 6.07) is 21.7. The molecule has 0 aliphatic carbocycles. The first-order valence-electron chi connectivity index (χ1n) is 12.1. The molecule has 0 aromatic heterocycles. The second kappa shape index (κ2) is 11.6. The minimum atomic E-state index is -1.04. The molecule has 7 heteroatoms. The molecule has 0 bridgehead atoms. The Kier molecular flexibility index (Phi) is 8.36. The Morgan fingerprint density at radius 2 is 1.14 bits per heavy atom. The highest BCUT2D eigenvalue weighted by Crippen LogP contribution is 2.32. The first kappa shape index (κ1) is 25.8. The van der Waals surface area contributed by atoms with Crippen LogP contribution in [0.1, 0.15) is 16.7 Å². The van der Waals surface area contributed by atoms with Crippen LogP contribution in [0.4, 0.5) is 0 Å². The lowest BCUT2D eigenvalue weighted by Gasteiger charge is -2.34. The van der Waals surface area contributed by atoms with Crippen molar-refractivity contribution in [1.29, 1.82) is 0 Å². The molecule has 0 atom stereocenters. The molecule has 4 rings (SSSR count). The fraction of sp³-hybridized carbons (Fsp3) is 0.379. The molecule has 0 unspecified atom stereocenters. The van der Waals surface area contributed by atoms with E-state index >= 15 is 0 Å². The van der Waals surface area contributed by atoms with Crippen LogP contribution < -0.4 is 18.9 Å². The molecule has 1 heterocycles. The standard InChI is InChI=1S/C29H36N2O5/c1-33-25-12-10-22(27(16-25)35-3)18-30-14-15-31(19-23-11-13-26(34-2)17-28(23)36-4)21-29(32,20-30)24-8-6-5-7-9-24/h5-13,16-17,32H,14-15,18-21H2,1-4H3. The van der Waals surface area contributed by atoms with Crippen LogP contribution >= 0.6 is 0 Å². The van der Waals surface area contributed by atoms with Gasteiger partial charge in [0.05, 0.1) is 28.4 Å². The van der Waals surface area contributed by atoms with Crippen LogP contribution in [-0.4, -0.2) is 69.5 Å². The van der Waals surface area contributed by atoms with Gasteiger partial charge in [0, 0.05) is 62.5 Å². The average Bonchev–Trinajstić information content (AvgIpc) is 3.08. The number of aliphatic hydroxyl groups is 1. The van der Waals surface area contributed by atoms with Crippen molar-refractivity contribution in [2.45, 2.75) is 18.7 Å². The number of rotatable bonds is 9. The zero-order valence-electron chi connectivity index (χ0n) is 21.6. The maximum absolute atomic E-state index is 12.1. The van der Waals surface area contributed by atoms with Gasteiger partial charge in [-0.15, -0.1) is 0 Å². The van der Waals surface area contributed by atoms with Crippen molar-refractivity contribution in [2.24, 2.45) is 0 Å². The Morgan fingerprint density at radius 3 is 1.56 bits per heavy atom. The predicted molar refractivity (Wildman–Crippen MR) is 140 cm³/mol. The maximum Gasteiger partial charge on any atom is 0.127 e. The highest BCUT2D eigenvalue weighted by molar-refractivity contribution is 5.42. The summed E-state index contributed by atoms with van der Waals surface area (Å²) < 4.78 is 22.0. The van der Waals surface area contributed by atoms with Gasteiger partial charge in [-0.3, -0.25) is 9.80 Å². The van der Waals surface area contributed by atoms with Gasteiger partial charge in [0.15, 0.2) is 0 Å². The van der Waals surface area contributed by atoms with E-state index in [-0.39, 0.29) is 0 Å². The zero-order chi connectivity index (χ0) is 25.5. The van der Waals surface area contributed by atoms with Gasteiger partial charge in [-0.05, 0) is 17.7 Å². The summed E-state index contributed by atoms with van der Waals surface area (Å²) >= 11 is 0. The Hall–Kier alpha value is -3.26. The summed E-state index contributed by atoms with van der Waals surface area (Å²) in [5.74, 6) is 3.07. The number of benzene rings is 3. The highest BCUT2D eigenvalue weighted by Gasteiger charge is 2.37. The molecule has 1 aliphatic heterocycles. The molecule has 1 aliphatic rings. The maximum atomic E-state index is 12.1. The van der Waals surface area contributed by atoms with Crippen molar-refractivity contribution in [1.82, 2.24) is 9.80 Å². The molecule has 1 fully saturated rings. The van der Waals surface area contributed by atoms with Gasteiger partial charge >= 0.3 is 0 Å². The quantitative estimate of drug-likeness (QED) is 0.486. The summed E-state index contributed by atoms with van der Waals surface area (Å²) in [7, 11) is 6.64. The summed E-state index contributed by atoms with van der Waals surface area (Å²) in [6.45, 7) is 3.90. The first-order valence-corrected chi connectivity index (χ1v) is 12.1. The first-order chi connectivity index (χ1) is 17.5. The lowest BCUT2D eigenvalue weighted by atomic mass is 9.92. The molecule has 3 aromatic carbocycles. The lowest BCUT2D eigenvalue weighted by Crippen LogP contribution is -2.44. The molecule has 0 amide bonds. The van der Waals surface area contributed by atoms with Crippen LogP contribution in [0.15, 0.2) is 66.7 Å². The van der Waals surface area contributed by atoms with Gasteiger partial charge < -0.3 is 24.1 Å². The highest BCUT2D eigenvalue weighted by atomic mass is 16.5. The summed E-state index contributed by atoms with van der Waals surface area (Å²) in [4.78, 5) is 4.59. The molecule has 1 N–H and O–H groups in total. The monoisotopic (exact) mass is 492 g/mol. The van der Waals surface area contributed by atoms with E-state index < -0.39 is 5.60 Å². The molecule has 7 nitrogen and oxygen atoms in total. The molecular formula is C29H36N2O5. The van der Waals surface area contributed by atoms with Crippen LogP contribution in [-0.2, 0) is 18.7 Å². The third-order valence-corrected chi connectivity index (χ3v) is 6.79. The van der Waals surface area contributed by atoms with E-state index in [1.54, 1.807) is 28.4 Å². The molecule has 3 aromatic rings. The van der Waals surface area contributed by atoms with Crippen LogP contribution in [0.5, 0.6) is 23.0 Å². The fourth-order valence-corrected chi connectivity index (χ4v) is 4.88. The SMILES string of the molecule is COc1ccc(CN2CCN(Cc3ccc(OC)cc3OC)CC(O)(c3ccccc3)C2)c(OC)c1. The van der Waals surface area contributed by atoms with E-state index in [1.165, 1.54) is 0 Å². The minimum Gasteiger partial charge on any atom is -0.497 e. The summed E-state index contributed by atoms with van der Waals surface area (Å²) in [5, 5.41) is 12.1. The van der Waals surface area contributed by atoms with Crippen LogP contribution in [0, 0.1) is 0 Å². The van der Waals surface area contributed by atoms with Crippen molar-refractivity contribution in [3.05, 3.63) is 83.4 Å². The molecule has 192 valence electrons. The van der Waals surface area contributed by atoms with Gasteiger partial charge in [-0.25, -0.2) is 0 Å². The van der Waals surface area contributed by atoms with Crippen molar-refractivity contribution in [3.63, 3.8) is 0 Å². The third kappa shape index (κ3) is 5.93. The number of methoxy groups -OCH3 is 4. The molecular weight excluding hydrogens is 456 g/mol. The van der Waals surface area contributed by atoms with Gasteiger partial charge in [0.1, 0.15) is 28.6 Å². The van der Waals surface area contributed by atoms with E-state index in [9.17, 15) is 5.11 Å². The normalized spacial score (nSPS) is 16.2. The van der Waals surface area contributed by atoms with Gasteiger partial charge in [-0.1, -0.05) is 42.5 Å². The van der Waals surface area contributed by atoms with E-state index in [2.05, 4.69) is 9.80 Å². The van der Waals surface area contributed by atoms with E-state index in [1.807, 2.05) is 66.7 Å². The van der Waals surface area contributed by atoms with Gasteiger partial charge in [0.25, 0.3) is 0 Å². The number of hydrogen-bond acceptors (Lipinski definition) is 7. The van der Waals surface area contributed by atoms with Crippen molar-refractivity contribution in [3.8, 4) is 23.0 Å². The summed E-state index contributed by atoms with van der Waals surface area (Å²) in [6.07, 6.45) is 0. The number of ether oxygens (including phenoxy) is 4. The van der Waals surface area contributed by atoms with Crippen LogP contribution in [0.25, 0.3) is 0 Å². The van der Waals surface area contributed by atoms with Crippen LogP contribution in [0.3, 0.4) is 0 Å². The van der Waals surface area contributed by atoms with E-state index in [0.717, 1.165) is 52.8 Å². The molecule has 0 saturated carbocycles. The second-order valence-electron chi connectivity index (χ2n) is 9.17. The van der Waals surface area contributed by atoms with Crippen molar-refractivity contribution in [2.75, 3.05) is 54.6 Å². The molecule has 1 saturated heterocycles. The smallest absolute Gasteiger partial charge is 0.127 e. The Bertz CT molecular complexity index is 1070. The Morgan fingerprint density at radius 1 is 0.667 bits per heavy atom. The Balaban J connectivity index is 1.61. The van der Waals surface area contributed by atoms with Gasteiger partial charge in [-0.2, -0.15) is 0 Å². The largest absolute Gasteiger partial charge is 0.497 e. The zero-order valence-corrected chi connectivity index (χ0v) is 21.6. The second-order valence-corrected chi connectivity index (χ2v) is 9.17. The van der Waals surface area contributed by atoms with Crippen LogP contribution in [0.2, 0.25) is 0 Å². The number of hydrogen-bond donors (Lipinski definition) is 1. The fourth-order valence-electron chi connectivity index (χ4n) is 4.88. The molecule has 36 heavy (non-hydrogen) atoms. The van der Waals surface area contributed by atoms with E-state index in [0.29, 0.717) is 26.2 Å². The van der Waals surface area contributed by atoms with Crippen molar-refractivity contribution >= 4 is 0 Å². The summed E-state index contributed by atoms with van der Waals surface area (Å²) in [5.41, 5.74) is 1.97. The third-order valence-electron chi connectivity index (χ3n) is 6.79. The van der Waals surface area contributed by atoms with E-state index in [4.69, 9.17) is 18.9 Å². The van der Waals surface area contributed by atoms with Gasteiger partial charge in [0.2, 0.25) is 0 Å². The molecule has 0 spiro atoms.